The van der Waals surface area contributed by atoms with Crippen molar-refractivity contribution in [2.24, 2.45) is 0 Å². The second kappa shape index (κ2) is 7.04. The molecule has 2 atom stereocenters. The molecule has 1 aromatic carbocycles. The number of benzene rings is 1. The van der Waals surface area contributed by atoms with Crippen molar-refractivity contribution >= 4 is 0 Å². The number of hydrogen-bond donors (Lipinski definition) is 1. The molecule has 1 aliphatic heterocycles. The van der Waals surface area contributed by atoms with Gasteiger partial charge < -0.3 is 5.32 Å². The van der Waals surface area contributed by atoms with Crippen molar-refractivity contribution in [1.29, 1.82) is 0 Å². The van der Waals surface area contributed by atoms with Crippen LogP contribution in [0.2, 0.25) is 0 Å². The van der Waals surface area contributed by atoms with Crippen molar-refractivity contribution in [3.63, 3.8) is 0 Å². The average Bonchev–Trinajstić information content (AvgIpc) is 2.39. The van der Waals surface area contributed by atoms with Gasteiger partial charge in [-0.25, -0.2) is 0 Å². The molecule has 19 heavy (non-hydrogen) atoms. The maximum Gasteiger partial charge on any atom is 0.0235 e. The maximum absolute atomic E-state index is 3.25. The second-order valence-electron chi connectivity index (χ2n) is 5.72. The van der Waals surface area contributed by atoms with Gasteiger partial charge in [0.25, 0.3) is 0 Å². The van der Waals surface area contributed by atoms with E-state index in [1.54, 1.807) is 0 Å². The standard InChI is InChI=1S/C16H27N3/c1-14-11-18(13-16-7-5-4-6-8-16)12-15(2)19(14)10-9-17-3/h4-8,14-15,17H,9-13H2,1-3H3/t14-,15-/m1/s1. The molecule has 0 aliphatic carbocycles. The smallest absolute Gasteiger partial charge is 0.0235 e. The molecule has 3 heteroatoms. The lowest BCUT2D eigenvalue weighted by molar-refractivity contribution is 0.0362. The lowest BCUT2D eigenvalue weighted by atomic mass is 10.1. The van der Waals surface area contributed by atoms with Gasteiger partial charge in [0.15, 0.2) is 0 Å². The van der Waals surface area contributed by atoms with Gasteiger partial charge in [-0.1, -0.05) is 30.3 Å². The molecule has 106 valence electrons. The number of piperazine rings is 1. The Morgan fingerprint density at radius 1 is 1.11 bits per heavy atom. The van der Waals surface area contributed by atoms with Gasteiger partial charge >= 0.3 is 0 Å². The van der Waals surface area contributed by atoms with Gasteiger partial charge in [-0.2, -0.15) is 0 Å². The highest BCUT2D eigenvalue weighted by Crippen LogP contribution is 2.17. The van der Waals surface area contributed by atoms with E-state index < -0.39 is 0 Å². The monoisotopic (exact) mass is 261 g/mol. The Bertz CT molecular complexity index is 354. The summed E-state index contributed by atoms with van der Waals surface area (Å²) in [7, 11) is 2.03. The average molecular weight is 261 g/mol. The Morgan fingerprint density at radius 3 is 2.32 bits per heavy atom. The minimum absolute atomic E-state index is 0.640. The van der Waals surface area contributed by atoms with E-state index in [-0.39, 0.29) is 0 Å². The van der Waals surface area contributed by atoms with Crippen LogP contribution in [0, 0.1) is 0 Å². The predicted octanol–water partition coefficient (Wildman–Crippen LogP) is 1.80. The third kappa shape index (κ3) is 4.03. The van der Waals surface area contributed by atoms with E-state index in [2.05, 4.69) is 59.3 Å². The molecule has 3 nitrogen and oxygen atoms in total. The van der Waals surface area contributed by atoms with Gasteiger partial charge in [0.1, 0.15) is 0 Å². The summed E-state index contributed by atoms with van der Waals surface area (Å²) in [4.78, 5) is 5.21. The third-order valence-electron chi connectivity index (χ3n) is 4.05. The summed E-state index contributed by atoms with van der Waals surface area (Å²) >= 11 is 0. The molecule has 1 heterocycles. The summed E-state index contributed by atoms with van der Waals surface area (Å²) in [6.45, 7) is 10.3. The molecule has 0 unspecified atom stereocenters. The van der Waals surface area contributed by atoms with Gasteiger partial charge in [-0.05, 0) is 26.5 Å². The van der Waals surface area contributed by atoms with Crippen molar-refractivity contribution in [1.82, 2.24) is 15.1 Å². The van der Waals surface area contributed by atoms with Crippen LogP contribution in [-0.2, 0) is 6.54 Å². The van der Waals surface area contributed by atoms with Crippen LogP contribution in [0.5, 0.6) is 0 Å². The van der Waals surface area contributed by atoms with Gasteiger partial charge in [0.2, 0.25) is 0 Å². The minimum Gasteiger partial charge on any atom is -0.318 e. The summed E-state index contributed by atoms with van der Waals surface area (Å²) in [6, 6.07) is 12.1. The van der Waals surface area contributed by atoms with Crippen molar-refractivity contribution in [3.8, 4) is 0 Å². The van der Waals surface area contributed by atoms with Crippen LogP contribution in [0.25, 0.3) is 0 Å². The zero-order valence-corrected chi connectivity index (χ0v) is 12.5. The highest BCUT2D eigenvalue weighted by atomic mass is 15.3. The second-order valence-corrected chi connectivity index (χ2v) is 5.72. The lowest BCUT2D eigenvalue weighted by Crippen LogP contribution is -2.57. The zero-order chi connectivity index (χ0) is 13.7. The van der Waals surface area contributed by atoms with E-state index in [0.717, 1.165) is 19.6 Å². The predicted molar refractivity (Wildman–Crippen MR) is 81.3 cm³/mol. The number of nitrogens with zero attached hydrogens (tertiary/aromatic N) is 2. The molecule has 1 aromatic rings. The number of nitrogens with one attached hydrogen (secondary N) is 1. The van der Waals surface area contributed by atoms with E-state index in [1.807, 2.05) is 7.05 Å². The molecule has 1 N–H and O–H groups in total. The molecule has 0 saturated carbocycles. The van der Waals surface area contributed by atoms with Crippen LogP contribution in [0.1, 0.15) is 19.4 Å². The molecule has 1 fully saturated rings. The summed E-state index contributed by atoms with van der Waals surface area (Å²) in [6.07, 6.45) is 0. The Labute approximate surface area is 117 Å². The highest BCUT2D eigenvalue weighted by Gasteiger charge is 2.28. The lowest BCUT2D eigenvalue weighted by Gasteiger charge is -2.44. The number of hydrogen-bond acceptors (Lipinski definition) is 3. The first-order chi connectivity index (χ1) is 9.20. The highest BCUT2D eigenvalue weighted by molar-refractivity contribution is 5.14. The van der Waals surface area contributed by atoms with Gasteiger partial charge in [0.05, 0.1) is 0 Å². The fourth-order valence-corrected chi connectivity index (χ4v) is 3.12. The Kier molecular flexibility index (Phi) is 5.37. The van der Waals surface area contributed by atoms with Gasteiger partial charge in [-0.15, -0.1) is 0 Å². The molecular weight excluding hydrogens is 234 g/mol. The normalized spacial score (nSPS) is 25.6. The van der Waals surface area contributed by atoms with Crippen LogP contribution in [-0.4, -0.2) is 55.1 Å². The van der Waals surface area contributed by atoms with Crippen LogP contribution >= 0.6 is 0 Å². The van der Waals surface area contributed by atoms with Crippen molar-refractivity contribution in [2.75, 3.05) is 33.2 Å². The van der Waals surface area contributed by atoms with Crippen LogP contribution in [0.3, 0.4) is 0 Å². The maximum atomic E-state index is 3.25. The van der Waals surface area contributed by atoms with Crippen molar-refractivity contribution in [3.05, 3.63) is 35.9 Å². The van der Waals surface area contributed by atoms with Crippen molar-refractivity contribution in [2.45, 2.75) is 32.5 Å². The van der Waals surface area contributed by atoms with E-state index >= 15 is 0 Å². The topological polar surface area (TPSA) is 18.5 Å². The molecule has 1 saturated heterocycles. The fraction of sp³-hybridized carbons (Fsp3) is 0.625. The first kappa shape index (κ1) is 14.5. The fourth-order valence-electron chi connectivity index (χ4n) is 3.12. The summed E-state index contributed by atoms with van der Waals surface area (Å²) in [5.74, 6) is 0. The van der Waals surface area contributed by atoms with Gasteiger partial charge in [-0.3, -0.25) is 9.80 Å². The Hall–Kier alpha value is -0.900. The Balaban J connectivity index is 1.90. The zero-order valence-electron chi connectivity index (χ0n) is 12.5. The summed E-state index contributed by atoms with van der Waals surface area (Å²) in [5, 5.41) is 3.25. The quantitative estimate of drug-likeness (QED) is 0.872. The number of rotatable bonds is 5. The molecule has 0 aromatic heterocycles. The van der Waals surface area contributed by atoms with E-state index in [0.29, 0.717) is 12.1 Å². The number of likely N-dealkylation sites (N-methyl/N-ethyl adjacent to an activating group) is 1. The molecule has 0 amide bonds. The first-order valence-electron chi connectivity index (χ1n) is 7.37. The van der Waals surface area contributed by atoms with Crippen molar-refractivity contribution < 1.29 is 0 Å². The Morgan fingerprint density at radius 2 is 1.74 bits per heavy atom. The van der Waals surface area contributed by atoms with E-state index in [1.165, 1.54) is 18.7 Å². The van der Waals surface area contributed by atoms with Gasteiger partial charge in [0, 0.05) is 44.8 Å². The van der Waals surface area contributed by atoms with E-state index in [4.69, 9.17) is 0 Å². The SMILES string of the molecule is CNCCN1[C@H](C)CN(Cc2ccccc2)C[C@H]1C. The largest absolute Gasteiger partial charge is 0.318 e. The van der Waals surface area contributed by atoms with Crippen LogP contribution in [0.15, 0.2) is 30.3 Å². The molecule has 0 radical (unpaired) electrons. The van der Waals surface area contributed by atoms with Crippen LogP contribution < -0.4 is 5.32 Å². The molecular formula is C16H27N3. The van der Waals surface area contributed by atoms with Crippen LogP contribution in [0.4, 0.5) is 0 Å². The molecule has 2 rings (SSSR count). The summed E-state index contributed by atoms with van der Waals surface area (Å²) < 4.78 is 0. The summed E-state index contributed by atoms with van der Waals surface area (Å²) in [5.41, 5.74) is 1.42. The molecule has 1 aliphatic rings. The van der Waals surface area contributed by atoms with E-state index in [9.17, 15) is 0 Å². The molecule has 0 spiro atoms. The first-order valence-corrected chi connectivity index (χ1v) is 7.37. The molecule has 0 bridgehead atoms. The minimum atomic E-state index is 0.640. The third-order valence-corrected chi connectivity index (χ3v) is 4.05.